The number of nitrogens with zero attached hydrogens (tertiary/aromatic N) is 1. The summed E-state index contributed by atoms with van der Waals surface area (Å²) in [7, 11) is -0.966. The van der Waals surface area contributed by atoms with Gasteiger partial charge in [-0.25, -0.2) is 9.78 Å². The molecule has 1 rings (SSSR count). The molecule has 0 bridgehead atoms. The Morgan fingerprint density at radius 2 is 1.95 bits per heavy atom. The molecule has 0 saturated heterocycles. The number of nitrogens with one attached hydrogen (secondary N) is 2. The number of carbonyl (C=O) groups excluding carboxylic acids is 1. The van der Waals surface area contributed by atoms with Crippen LogP contribution < -0.4 is 10.6 Å². The summed E-state index contributed by atoms with van der Waals surface area (Å²) in [5.41, 5.74) is 1.90. The molecule has 1 atom stereocenters. The number of hydrogen-bond acceptors (Lipinski definition) is 3. The van der Waals surface area contributed by atoms with E-state index in [9.17, 15) is 9.00 Å². The van der Waals surface area contributed by atoms with Gasteiger partial charge in [0.05, 0.1) is 0 Å². The van der Waals surface area contributed by atoms with Crippen LogP contribution in [0.2, 0.25) is 0 Å². The zero-order valence-electron chi connectivity index (χ0n) is 12.7. The molecular weight excluding hydrogens is 274 g/mol. The maximum atomic E-state index is 11.8. The van der Waals surface area contributed by atoms with Crippen LogP contribution in [0.15, 0.2) is 12.1 Å². The van der Waals surface area contributed by atoms with E-state index in [0.29, 0.717) is 18.1 Å². The lowest BCUT2D eigenvalue weighted by atomic mass is 10.2. The third kappa shape index (κ3) is 5.69. The quantitative estimate of drug-likeness (QED) is 0.896. The van der Waals surface area contributed by atoms with Crippen molar-refractivity contribution in [2.75, 3.05) is 17.6 Å². The van der Waals surface area contributed by atoms with Gasteiger partial charge in [0.1, 0.15) is 5.82 Å². The fourth-order valence-electron chi connectivity index (χ4n) is 1.63. The van der Waals surface area contributed by atoms with Gasteiger partial charge in [0, 0.05) is 33.5 Å². The number of urea groups is 1. The van der Waals surface area contributed by atoms with Gasteiger partial charge in [0.2, 0.25) is 0 Å². The molecule has 0 aliphatic rings. The van der Waals surface area contributed by atoms with Crippen LogP contribution in [-0.2, 0) is 10.8 Å². The summed E-state index contributed by atoms with van der Waals surface area (Å²) in [5, 5.41) is 5.37. The molecule has 0 saturated carbocycles. The van der Waals surface area contributed by atoms with Gasteiger partial charge in [0.25, 0.3) is 0 Å². The van der Waals surface area contributed by atoms with Crippen LogP contribution in [0.1, 0.15) is 32.0 Å². The zero-order valence-corrected chi connectivity index (χ0v) is 13.6. The van der Waals surface area contributed by atoms with Crippen molar-refractivity contribution in [2.45, 2.75) is 39.4 Å². The number of aromatic nitrogens is 1. The normalized spacial score (nSPS) is 12.8. The molecule has 0 unspecified atom stereocenters. The van der Waals surface area contributed by atoms with Crippen molar-refractivity contribution in [3.8, 4) is 0 Å². The minimum absolute atomic E-state index is 0.257. The van der Waals surface area contributed by atoms with Crippen molar-refractivity contribution in [3.05, 3.63) is 23.4 Å². The van der Waals surface area contributed by atoms with Gasteiger partial charge in [-0.15, -0.1) is 0 Å². The number of amides is 2. The highest BCUT2D eigenvalue weighted by molar-refractivity contribution is 7.86. The Kier molecular flexibility index (Phi) is 5.68. The summed E-state index contributed by atoms with van der Waals surface area (Å²) in [6.07, 6.45) is 0. The summed E-state index contributed by atoms with van der Waals surface area (Å²) >= 11 is 0. The van der Waals surface area contributed by atoms with Gasteiger partial charge >= 0.3 is 6.03 Å². The first-order chi connectivity index (χ1) is 9.18. The molecule has 5 nitrogen and oxygen atoms in total. The Hall–Kier alpha value is -1.43. The van der Waals surface area contributed by atoms with Gasteiger partial charge in [0.15, 0.2) is 0 Å². The van der Waals surface area contributed by atoms with Crippen LogP contribution in [0.25, 0.3) is 0 Å². The highest BCUT2D eigenvalue weighted by Gasteiger charge is 2.18. The van der Waals surface area contributed by atoms with Gasteiger partial charge in [-0.05, 0) is 52.3 Å². The predicted octanol–water partition coefficient (Wildman–Crippen LogP) is 2.37. The number of pyridine rings is 1. The second-order valence-electron chi connectivity index (χ2n) is 5.71. The monoisotopic (exact) mass is 297 g/mol. The van der Waals surface area contributed by atoms with E-state index >= 15 is 0 Å². The van der Waals surface area contributed by atoms with Crippen LogP contribution in [0.3, 0.4) is 0 Å². The molecule has 0 aliphatic heterocycles. The third-order valence-electron chi connectivity index (χ3n) is 2.60. The first kappa shape index (κ1) is 16.6. The largest absolute Gasteiger partial charge is 0.337 e. The van der Waals surface area contributed by atoms with Crippen LogP contribution in [0, 0.1) is 13.8 Å². The molecule has 2 amide bonds. The van der Waals surface area contributed by atoms with Crippen LogP contribution in [-0.4, -0.2) is 32.3 Å². The molecule has 1 aromatic rings. The fourth-order valence-corrected chi connectivity index (χ4v) is 2.53. The van der Waals surface area contributed by atoms with Crippen LogP contribution >= 0.6 is 0 Å². The van der Waals surface area contributed by atoms with E-state index in [0.717, 1.165) is 11.3 Å². The van der Waals surface area contributed by atoms with Crippen molar-refractivity contribution in [1.82, 2.24) is 10.3 Å². The van der Waals surface area contributed by atoms with Crippen molar-refractivity contribution < 1.29 is 9.00 Å². The number of rotatable bonds is 4. The summed E-state index contributed by atoms with van der Waals surface area (Å²) in [5.74, 6) is 0.967. The van der Waals surface area contributed by atoms with E-state index in [4.69, 9.17) is 0 Å². The second kappa shape index (κ2) is 6.83. The molecule has 0 fully saturated rings. The van der Waals surface area contributed by atoms with Crippen molar-refractivity contribution >= 4 is 22.6 Å². The molecule has 0 aromatic carbocycles. The predicted molar refractivity (Wildman–Crippen MR) is 83.5 cm³/mol. The van der Waals surface area contributed by atoms with Gasteiger partial charge in [-0.3, -0.25) is 9.53 Å². The molecule has 20 heavy (non-hydrogen) atoms. The Labute approximate surface area is 123 Å². The lowest BCUT2D eigenvalue weighted by molar-refractivity contribution is 0.252. The number of hydrogen-bond donors (Lipinski definition) is 2. The molecule has 2 N–H and O–H groups in total. The molecular formula is C14H23N3O2S. The van der Waals surface area contributed by atoms with Crippen molar-refractivity contribution in [1.29, 1.82) is 0 Å². The molecule has 0 aliphatic carbocycles. The number of anilines is 1. The zero-order chi connectivity index (χ0) is 15.3. The minimum atomic E-state index is -0.966. The van der Waals surface area contributed by atoms with Crippen molar-refractivity contribution in [2.24, 2.45) is 0 Å². The minimum Gasteiger partial charge on any atom is -0.337 e. The van der Waals surface area contributed by atoms with Gasteiger partial charge in [-0.2, -0.15) is 0 Å². The molecule has 1 aromatic heterocycles. The maximum absolute atomic E-state index is 11.8. The Balaban J connectivity index is 2.43. The lowest BCUT2D eigenvalue weighted by Gasteiger charge is -2.17. The number of aryl methyl sites for hydroxylation is 2. The van der Waals surface area contributed by atoms with Gasteiger partial charge < -0.3 is 5.32 Å². The second-order valence-corrected chi connectivity index (χ2v) is 8.04. The highest BCUT2D eigenvalue weighted by atomic mass is 32.2. The summed E-state index contributed by atoms with van der Waals surface area (Å²) in [4.78, 5) is 15.9. The lowest BCUT2D eigenvalue weighted by Crippen LogP contribution is -2.35. The molecule has 0 spiro atoms. The third-order valence-corrected chi connectivity index (χ3v) is 4.54. The van der Waals surface area contributed by atoms with E-state index in [1.54, 1.807) is 6.07 Å². The standard InChI is InChI=1S/C14H23N3O2S/c1-10-8-11(2)16-12(9-10)17-13(18)15-6-7-20(19)14(3,4)5/h8-9H,6-7H2,1-5H3,(H2,15,16,17,18)/t20-/m0/s1. The smallest absolute Gasteiger partial charge is 0.320 e. The number of carbonyl (C=O) groups is 1. The van der Waals surface area contributed by atoms with Crippen LogP contribution in [0.4, 0.5) is 10.6 Å². The van der Waals surface area contributed by atoms with Crippen molar-refractivity contribution in [3.63, 3.8) is 0 Å². The SMILES string of the molecule is Cc1cc(C)nc(NC(=O)NCC[S@](=O)C(C)(C)C)c1. The maximum Gasteiger partial charge on any atom is 0.320 e. The van der Waals surface area contributed by atoms with E-state index in [-0.39, 0.29) is 10.8 Å². The average molecular weight is 297 g/mol. The van der Waals surface area contributed by atoms with Gasteiger partial charge in [-0.1, -0.05) is 0 Å². The van der Waals surface area contributed by atoms with E-state index in [1.165, 1.54) is 0 Å². The molecule has 1 heterocycles. The summed E-state index contributed by atoms with van der Waals surface area (Å²) in [6, 6.07) is 3.42. The Bertz CT molecular complexity index is 489. The first-order valence-corrected chi connectivity index (χ1v) is 7.89. The Morgan fingerprint density at radius 3 is 2.50 bits per heavy atom. The average Bonchev–Trinajstić information content (AvgIpc) is 2.25. The molecule has 112 valence electrons. The highest BCUT2D eigenvalue weighted by Crippen LogP contribution is 2.11. The van der Waals surface area contributed by atoms with E-state index < -0.39 is 10.8 Å². The van der Waals surface area contributed by atoms with E-state index in [2.05, 4.69) is 15.6 Å². The van der Waals surface area contributed by atoms with E-state index in [1.807, 2.05) is 40.7 Å². The topological polar surface area (TPSA) is 71.1 Å². The van der Waals surface area contributed by atoms with Crippen LogP contribution in [0.5, 0.6) is 0 Å². The summed E-state index contributed by atoms with van der Waals surface area (Å²) in [6.45, 7) is 9.96. The Morgan fingerprint density at radius 1 is 1.30 bits per heavy atom. The molecule has 0 radical (unpaired) electrons. The summed E-state index contributed by atoms with van der Waals surface area (Å²) < 4.78 is 11.6. The first-order valence-electron chi connectivity index (χ1n) is 6.57. The molecule has 6 heteroatoms. The fraction of sp³-hybridized carbons (Fsp3) is 0.571.